The largest absolute Gasteiger partial charge is 0.464 e. The Morgan fingerprint density at radius 1 is 0.917 bits per heavy atom. The topological polar surface area (TPSA) is 88.4 Å². The lowest BCUT2D eigenvalue weighted by molar-refractivity contribution is -0.00811. The van der Waals surface area contributed by atoms with Crippen molar-refractivity contribution in [3.63, 3.8) is 0 Å². The van der Waals surface area contributed by atoms with Gasteiger partial charge in [-0.15, -0.1) is 0 Å². The Labute approximate surface area is 205 Å². The highest BCUT2D eigenvalue weighted by atomic mass is 16.5. The summed E-state index contributed by atoms with van der Waals surface area (Å²) in [5, 5.41) is 0.855. The molecule has 0 radical (unpaired) electrons. The van der Waals surface area contributed by atoms with Crippen LogP contribution in [0, 0.1) is 0 Å². The van der Waals surface area contributed by atoms with Crippen LogP contribution in [0.25, 0.3) is 33.1 Å². The second kappa shape index (κ2) is 7.66. The second-order valence-corrected chi connectivity index (χ2v) is 9.88. The predicted molar refractivity (Wildman–Crippen MR) is 137 cm³/mol. The van der Waals surface area contributed by atoms with Crippen molar-refractivity contribution in [2.45, 2.75) is 25.5 Å². The van der Waals surface area contributed by atoms with Crippen molar-refractivity contribution in [3.8, 4) is 11.3 Å². The molecule has 6 rings (SSSR count). The van der Waals surface area contributed by atoms with Crippen molar-refractivity contribution in [2.75, 3.05) is 6.61 Å². The first-order chi connectivity index (χ1) is 17.2. The summed E-state index contributed by atoms with van der Waals surface area (Å²) in [7, 11) is 3.12. The highest BCUT2D eigenvalue weighted by molar-refractivity contribution is 5.97. The maximum Gasteiger partial charge on any atom is 0.331 e. The fourth-order valence-corrected chi connectivity index (χ4v) is 5.38. The lowest BCUT2D eigenvalue weighted by Crippen LogP contribution is -2.41. The summed E-state index contributed by atoms with van der Waals surface area (Å²) in [6.07, 6.45) is 0.592. The Kier molecular flexibility index (Phi) is 4.75. The van der Waals surface area contributed by atoms with Gasteiger partial charge in [0.1, 0.15) is 18.0 Å². The zero-order valence-corrected chi connectivity index (χ0v) is 20.4. The number of aromatic nitrogens is 3. The number of para-hydroxylation sites is 1. The van der Waals surface area contributed by atoms with E-state index in [0.29, 0.717) is 38.8 Å². The molecule has 0 bridgehead atoms. The lowest BCUT2D eigenvalue weighted by atomic mass is 9.98. The fourth-order valence-electron chi connectivity index (χ4n) is 5.38. The standard InChI is InChI=1S/C28H25N3O5/c1-28(2)15-36-25(18-14-35-19-13-9-8-12-17(19)24(18)32)23-22-20(26(33)30(4)27(34)29(22)3)21(31(23)28)16-10-6-5-7-11-16/h5-14,25H,15H2,1-4H3/t25-/m0/s1. The highest BCUT2D eigenvalue weighted by Crippen LogP contribution is 2.45. The van der Waals surface area contributed by atoms with Gasteiger partial charge in [0.2, 0.25) is 0 Å². The van der Waals surface area contributed by atoms with Crippen molar-refractivity contribution in [2.24, 2.45) is 14.1 Å². The van der Waals surface area contributed by atoms with Crippen LogP contribution in [0.4, 0.5) is 0 Å². The Hall–Kier alpha value is -4.17. The van der Waals surface area contributed by atoms with E-state index >= 15 is 0 Å². The molecule has 0 aliphatic carbocycles. The maximum atomic E-state index is 13.6. The molecule has 1 aliphatic rings. The van der Waals surface area contributed by atoms with Crippen molar-refractivity contribution in [3.05, 3.63) is 103 Å². The average Bonchev–Trinajstić information content (AvgIpc) is 3.25. The molecule has 0 unspecified atom stereocenters. The summed E-state index contributed by atoms with van der Waals surface area (Å²) in [6.45, 7) is 4.32. The van der Waals surface area contributed by atoms with Crippen molar-refractivity contribution in [1.82, 2.24) is 13.7 Å². The van der Waals surface area contributed by atoms with Crippen LogP contribution in [0.2, 0.25) is 0 Å². The van der Waals surface area contributed by atoms with E-state index in [1.165, 1.54) is 17.9 Å². The zero-order valence-electron chi connectivity index (χ0n) is 20.4. The molecule has 0 saturated carbocycles. The second-order valence-electron chi connectivity index (χ2n) is 9.88. The highest BCUT2D eigenvalue weighted by Gasteiger charge is 2.41. The van der Waals surface area contributed by atoms with Gasteiger partial charge in [-0.05, 0) is 31.5 Å². The van der Waals surface area contributed by atoms with Gasteiger partial charge in [0.15, 0.2) is 5.43 Å². The van der Waals surface area contributed by atoms with Gasteiger partial charge in [0.25, 0.3) is 5.56 Å². The van der Waals surface area contributed by atoms with Crippen LogP contribution in [-0.4, -0.2) is 20.3 Å². The minimum Gasteiger partial charge on any atom is -0.464 e. The number of ether oxygens (including phenoxy) is 1. The normalized spacial score (nSPS) is 16.9. The summed E-state index contributed by atoms with van der Waals surface area (Å²) < 4.78 is 16.8. The third kappa shape index (κ3) is 2.94. The first-order valence-corrected chi connectivity index (χ1v) is 11.7. The Bertz CT molecular complexity index is 1850. The zero-order chi connectivity index (χ0) is 25.4. The average molecular weight is 484 g/mol. The SMILES string of the molecule is Cn1c(=O)c2c(-c3ccccc3)n3c(c2n(C)c1=O)[C@H](c1coc2ccccc2c1=O)OCC3(C)C. The Balaban J connectivity index is 1.82. The molecule has 1 aliphatic heterocycles. The molecular weight excluding hydrogens is 458 g/mol. The van der Waals surface area contributed by atoms with Gasteiger partial charge in [0.05, 0.1) is 45.4 Å². The van der Waals surface area contributed by atoms with Crippen LogP contribution in [-0.2, 0) is 24.4 Å². The molecule has 182 valence electrons. The van der Waals surface area contributed by atoms with Crippen molar-refractivity contribution >= 4 is 21.9 Å². The first kappa shape index (κ1) is 22.3. The summed E-state index contributed by atoms with van der Waals surface area (Å²) in [5.41, 5.74) is 1.73. The number of rotatable bonds is 2. The van der Waals surface area contributed by atoms with E-state index < -0.39 is 22.9 Å². The predicted octanol–water partition coefficient (Wildman–Crippen LogP) is 3.67. The van der Waals surface area contributed by atoms with Crippen molar-refractivity contribution < 1.29 is 9.15 Å². The molecule has 0 fully saturated rings. The Morgan fingerprint density at radius 3 is 2.36 bits per heavy atom. The molecule has 5 aromatic rings. The minimum absolute atomic E-state index is 0.211. The molecule has 1 atom stereocenters. The number of benzene rings is 2. The van der Waals surface area contributed by atoms with Gasteiger partial charge in [0, 0.05) is 14.1 Å². The third-order valence-corrected chi connectivity index (χ3v) is 7.10. The lowest BCUT2D eigenvalue weighted by Gasteiger charge is -2.39. The molecule has 3 aromatic heterocycles. The number of hydrogen-bond acceptors (Lipinski definition) is 5. The van der Waals surface area contributed by atoms with Gasteiger partial charge in [-0.2, -0.15) is 0 Å². The molecule has 36 heavy (non-hydrogen) atoms. The van der Waals surface area contributed by atoms with Gasteiger partial charge in [-0.3, -0.25) is 18.7 Å². The number of fused-ring (bicyclic) bond motifs is 4. The summed E-state index contributed by atoms with van der Waals surface area (Å²) in [6, 6.07) is 16.7. The van der Waals surface area contributed by atoms with E-state index in [-0.39, 0.29) is 12.0 Å². The van der Waals surface area contributed by atoms with Crippen LogP contribution < -0.4 is 16.7 Å². The van der Waals surface area contributed by atoms with E-state index in [2.05, 4.69) is 4.57 Å². The minimum atomic E-state index is -0.837. The molecule has 8 nitrogen and oxygen atoms in total. The van der Waals surface area contributed by atoms with Gasteiger partial charge >= 0.3 is 5.69 Å². The maximum absolute atomic E-state index is 13.6. The molecule has 0 amide bonds. The number of aryl methyl sites for hydroxylation is 1. The van der Waals surface area contributed by atoms with Crippen LogP contribution in [0.3, 0.4) is 0 Å². The Morgan fingerprint density at radius 2 is 1.61 bits per heavy atom. The molecule has 4 heterocycles. The molecule has 8 heteroatoms. The molecule has 0 saturated heterocycles. The third-order valence-electron chi connectivity index (χ3n) is 7.10. The molecule has 0 N–H and O–H groups in total. The number of nitrogens with zero attached hydrogens (tertiary/aromatic N) is 3. The van der Waals surface area contributed by atoms with E-state index in [0.717, 1.165) is 10.1 Å². The van der Waals surface area contributed by atoms with Crippen LogP contribution >= 0.6 is 0 Å². The van der Waals surface area contributed by atoms with Crippen LogP contribution in [0.5, 0.6) is 0 Å². The quantitative estimate of drug-likeness (QED) is 0.382. The van der Waals surface area contributed by atoms with Gasteiger partial charge in [-0.25, -0.2) is 4.79 Å². The molecular formula is C28H25N3O5. The van der Waals surface area contributed by atoms with Gasteiger partial charge in [-0.1, -0.05) is 42.5 Å². The first-order valence-electron chi connectivity index (χ1n) is 11.7. The van der Waals surface area contributed by atoms with Crippen LogP contribution in [0.1, 0.15) is 31.2 Å². The van der Waals surface area contributed by atoms with E-state index in [9.17, 15) is 14.4 Å². The summed E-state index contributed by atoms with van der Waals surface area (Å²) >= 11 is 0. The van der Waals surface area contributed by atoms with Crippen LogP contribution in [0.15, 0.2) is 79.7 Å². The summed E-state index contributed by atoms with van der Waals surface area (Å²) in [4.78, 5) is 40.3. The number of hydrogen-bond donors (Lipinski definition) is 0. The van der Waals surface area contributed by atoms with Gasteiger partial charge < -0.3 is 13.7 Å². The summed E-state index contributed by atoms with van der Waals surface area (Å²) in [5.74, 6) is 0. The van der Waals surface area contributed by atoms with E-state index in [1.54, 1.807) is 31.3 Å². The van der Waals surface area contributed by atoms with E-state index in [4.69, 9.17) is 9.15 Å². The molecule has 0 spiro atoms. The molecule has 2 aromatic carbocycles. The fraction of sp³-hybridized carbons (Fsp3) is 0.250. The van der Waals surface area contributed by atoms with E-state index in [1.807, 2.05) is 44.2 Å². The smallest absolute Gasteiger partial charge is 0.331 e. The van der Waals surface area contributed by atoms with Crippen molar-refractivity contribution in [1.29, 1.82) is 0 Å². The monoisotopic (exact) mass is 483 g/mol.